The molecule has 9 heteroatoms. The van der Waals surface area contributed by atoms with E-state index in [1.54, 1.807) is 0 Å². The van der Waals surface area contributed by atoms with Crippen LogP contribution in [0.5, 0.6) is 0 Å². The summed E-state index contributed by atoms with van der Waals surface area (Å²) in [7, 11) is 0. The smallest absolute Gasteiger partial charge is 1.00 e. The van der Waals surface area contributed by atoms with E-state index in [-0.39, 0.29) is 46.8 Å². The van der Waals surface area contributed by atoms with Crippen molar-refractivity contribution >= 4 is 3.21 Å². The minimum absolute atomic E-state index is 0. The van der Waals surface area contributed by atoms with Crippen LogP contribution in [0.2, 0.25) is 0 Å². The van der Waals surface area contributed by atoms with Gasteiger partial charge in [0.05, 0.1) is 0 Å². The van der Waals surface area contributed by atoms with Crippen LogP contribution in [-0.4, -0.2) is 3.21 Å². The van der Waals surface area contributed by atoms with Crippen molar-refractivity contribution in [1.29, 1.82) is 0 Å². The Balaban J connectivity index is 0.000000317. The van der Waals surface area contributed by atoms with E-state index in [0.717, 1.165) is 54.9 Å². The van der Waals surface area contributed by atoms with Crippen molar-refractivity contribution in [2.75, 3.05) is 0 Å². The van der Waals surface area contributed by atoms with Crippen LogP contribution in [0.1, 0.15) is 149 Å². The number of hydrogen-bond donors (Lipinski definition) is 0. The molecule has 1 aliphatic rings. The number of unbranched alkanes of at least 4 members (excludes halogenated alkanes) is 1. The van der Waals surface area contributed by atoms with Gasteiger partial charge >= 0.3 is 137 Å². The molecule has 0 heterocycles. The van der Waals surface area contributed by atoms with Crippen LogP contribution in [0.25, 0.3) is 11.1 Å². The van der Waals surface area contributed by atoms with E-state index >= 15 is 0 Å². The van der Waals surface area contributed by atoms with Crippen molar-refractivity contribution in [3.05, 3.63) is 158 Å². The number of aryl methyl sites for hydroxylation is 3. The molecule has 0 spiro atoms. The van der Waals surface area contributed by atoms with Gasteiger partial charge in [-0.1, -0.05) is 124 Å². The minimum Gasteiger partial charge on any atom is -1.00 e. The first-order chi connectivity index (χ1) is 26.6. The molecule has 0 aromatic heterocycles. The molecule has 0 fully saturated rings. The van der Waals surface area contributed by atoms with Crippen LogP contribution < -0.4 is 24.8 Å². The number of halogens is 8. The van der Waals surface area contributed by atoms with E-state index in [4.69, 9.17) is 0 Å². The summed E-state index contributed by atoms with van der Waals surface area (Å²) in [5.74, 6) is 0. The third kappa shape index (κ3) is 13.8. The van der Waals surface area contributed by atoms with Crippen LogP contribution >= 0.6 is 0 Å². The topological polar surface area (TPSA) is 0 Å². The standard InChI is InChI=1S/C23H29.C15H8F6.C13H21.2ClH.Zr/c1-14-9-16-11-17-10-15(2)21(23(6,7)8)13-19(17)18(16)12-20(14)22(3,4)5;16-14(17,18)12-5-1-3-10(8-12)7-11-4-2-6-13(9-11)15(19,20)21;1-5-6-7-11-8-9-12(10-11)13(2,3)4;;;/h9,12-13H,11H2,1-8H3;1-6,8-9H;8-10H,5-7H2,1-4H3;2*1H;/q-1;;-1;;;+2/p-2. The first kappa shape index (κ1) is 53.3. The van der Waals surface area contributed by atoms with Crippen molar-refractivity contribution in [3.8, 4) is 11.1 Å². The molecule has 5 aromatic carbocycles. The molecular weight excluding hydrogens is 889 g/mol. The summed E-state index contributed by atoms with van der Waals surface area (Å²) < 4.78 is 76.7. The molecule has 324 valence electrons. The summed E-state index contributed by atoms with van der Waals surface area (Å²) in [4.78, 5) is 0. The van der Waals surface area contributed by atoms with Gasteiger partial charge in [-0.05, 0) is 35.4 Å². The number of alkyl halides is 6. The third-order valence-electron chi connectivity index (χ3n) is 10.5. The number of hydrogen-bond acceptors (Lipinski definition) is 0. The van der Waals surface area contributed by atoms with Gasteiger partial charge in [0.25, 0.3) is 0 Å². The molecule has 0 unspecified atom stereocenters. The molecule has 0 atom stereocenters. The number of benzene rings is 4. The van der Waals surface area contributed by atoms with Gasteiger partial charge in [-0.3, -0.25) is 0 Å². The molecule has 0 N–H and O–H groups in total. The van der Waals surface area contributed by atoms with Gasteiger partial charge < -0.3 is 24.8 Å². The first-order valence-corrected chi connectivity index (χ1v) is 21.2. The second-order valence-corrected chi connectivity index (χ2v) is 19.8. The molecule has 0 radical (unpaired) electrons. The van der Waals surface area contributed by atoms with E-state index in [1.807, 2.05) is 0 Å². The Labute approximate surface area is 382 Å². The van der Waals surface area contributed by atoms with Crippen molar-refractivity contribution in [3.63, 3.8) is 0 Å². The van der Waals surface area contributed by atoms with Gasteiger partial charge in [-0.2, -0.15) is 41.0 Å². The zero-order chi connectivity index (χ0) is 43.6. The van der Waals surface area contributed by atoms with E-state index in [1.165, 1.54) is 99.2 Å². The molecule has 0 bridgehead atoms. The van der Waals surface area contributed by atoms with Crippen LogP contribution in [0.15, 0.2) is 84.9 Å². The molecule has 6 rings (SSSR count). The summed E-state index contributed by atoms with van der Waals surface area (Å²) in [5.41, 5.74) is 13.8. The van der Waals surface area contributed by atoms with Gasteiger partial charge in [-0.25, -0.2) is 6.07 Å². The van der Waals surface area contributed by atoms with Crippen molar-refractivity contribution in [2.45, 2.75) is 137 Å². The Morgan fingerprint density at radius 2 is 1.15 bits per heavy atom. The van der Waals surface area contributed by atoms with Crippen LogP contribution in [0.3, 0.4) is 0 Å². The molecule has 1 aliphatic carbocycles. The van der Waals surface area contributed by atoms with E-state index in [0.29, 0.717) is 8.62 Å². The molecule has 60 heavy (non-hydrogen) atoms. The van der Waals surface area contributed by atoms with Crippen molar-refractivity contribution in [2.24, 2.45) is 0 Å². The van der Waals surface area contributed by atoms with Crippen molar-refractivity contribution in [1.82, 2.24) is 0 Å². The normalized spacial score (nSPS) is 12.5. The molecule has 0 aliphatic heterocycles. The van der Waals surface area contributed by atoms with Crippen molar-refractivity contribution < 1.29 is 75.4 Å². The third-order valence-corrected chi connectivity index (χ3v) is 12.0. The maximum atomic E-state index is 12.7. The minimum atomic E-state index is -4.49. The largest absolute Gasteiger partial charge is 1.00 e. The van der Waals surface area contributed by atoms with E-state index in [9.17, 15) is 26.3 Å². The van der Waals surface area contributed by atoms with Gasteiger partial charge in [-0.15, -0.1) is 16.7 Å². The molecule has 5 aromatic rings. The van der Waals surface area contributed by atoms with E-state index in [2.05, 4.69) is 126 Å². The maximum absolute atomic E-state index is 12.7. The zero-order valence-corrected chi connectivity index (χ0v) is 40.9. The predicted molar refractivity (Wildman–Crippen MR) is 226 cm³/mol. The van der Waals surface area contributed by atoms with E-state index < -0.39 is 23.5 Å². The van der Waals surface area contributed by atoms with Gasteiger partial charge in [0, 0.05) is 0 Å². The average Bonchev–Trinajstić information content (AvgIpc) is 3.73. The Morgan fingerprint density at radius 1 is 0.650 bits per heavy atom. The second-order valence-electron chi connectivity index (χ2n) is 18.6. The molecular formula is C51H58Cl2F6Zr-2. The first-order valence-electron chi connectivity index (χ1n) is 20.0. The summed E-state index contributed by atoms with van der Waals surface area (Å²) in [6.07, 6.45) is -4.10. The number of fused-ring (bicyclic) bond motifs is 3. The molecule has 0 saturated carbocycles. The SMILES string of the molecule is CCCCc1cc(C(C)(C)C)c[cH-]1.Cc1[c-]c2c(cc1C(C)(C)C)-c1cc(C(C)(C)C)c(C)cc1C2.FC(F)(F)c1cccc([C](=[Zr+2])c2cccc(C(F)(F)F)c2)c1.[Cl-].[Cl-]. The summed E-state index contributed by atoms with van der Waals surface area (Å²) in [5, 5.41) is 0. The van der Waals surface area contributed by atoms with Crippen LogP contribution in [0, 0.1) is 19.9 Å². The quantitative estimate of drug-likeness (QED) is 0.120. The Bertz CT molecular complexity index is 2090. The van der Waals surface area contributed by atoms with Gasteiger partial charge in [0.2, 0.25) is 0 Å². The van der Waals surface area contributed by atoms with Gasteiger partial charge in [0.1, 0.15) is 0 Å². The number of rotatable bonds is 5. The Hall–Kier alpha value is -2.86. The predicted octanol–water partition coefficient (Wildman–Crippen LogP) is 9.16. The summed E-state index contributed by atoms with van der Waals surface area (Å²) in [6, 6.07) is 27.0. The Kier molecular flexibility index (Phi) is 18.2. The molecule has 0 amide bonds. The fourth-order valence-corrected chi connectivity index (χ4v) is 8.15. The summed E-state index contributed by atoms with van der Waals surface area (Å²) >= 11 is 0.729. The fourth-order valence-electron chi connectivity index (χ4n) is 7.39. The Morgan fingerprint density at radius 3 is 1.58 bits per heavy atom. The summed E-state index contributed by atoms with van der Waals surface area (Å²) in [6.45, 7) is 27.3. The molecule has 0 saturated heterocycles. The van der Waals surface area contributed by atoms with Crippen LogP contribution in [0.4, 0.5) is 26.3 Å². The average molecular weight is 947 g/mol. The fraction of sp³-hybridized carbons (Fsp3) is 0.412. The van der Waals surface area contributed by atoms with Crippen LogP contribution in [-0.2, 0) is 65.7 Å². The second kappa shape index (κ2) is 20.6. The van der Waals surface area contributed by atoms with Gasteiger partial charge in [0.15, 0.2) is 0 Å². The monoisotopic (exact) mass is 944 g/mol. The zero-order valence-electron chi connectivity index (χ0n) is 36.9. The molecule has 0 nitrogen and oxygen atoms in total. The maximum Gasteiger partial charge on any atom is -1.00 e.